The van der Waals surface area contributed by atoms with Crippen molar-refractivity contribution in [1.29, 1.82) is 0 Å². The molecule has 0 bridgehead atoms. The van der Waals surface area contributed by atoms with Crippen LogP contribution in [-0.4, -0.2) is 37.2 Å². The van der Waals surface area contributed by atoms with Gasteiger partial charge in [-0.05, 0) is 116 Å². The van der Waals surface area contributed by atoms with Crippen molar-refractivity contribution < 1.29 is 28.6 Å². The fraction of sp³-hybridized carbons (Fsp3) is 0.603. The maximum atomic E-state index is 12.8. The summed E-state index contributed by atoms with van der Waals surface area (Å²) in [5.41, 5.74) is 0. The van der Waals surface area contributed by atoms with Gasteiger partial charge in [-0.15, -0.1) is 0 Å². The number of unbranched alkanes of at least 4 members (excludes halogenated alkanes) is 13. The van der Waals surface area contributed by atoms with Gasteiger partial charge in [0, 0.05) is 19.3 Å². The van der Waals surface area contributed by atoms with Crippen molar-refractivity contribution in [2.75, 3.05) is 13.2 Å². The monoisotopic (exact) mass is 885 g/mol. The number of hydrogen-bond donors (Lipinski definition) is 0. The Morgan fingerprint density at radius 1 is 0.328 bits per heavy atom. The molecule has 64 heavy (non-hydrogen) atoms. The molecule has 0 aliphatic heterocycles. The summed E-state index contributed by atoms with van der Waals surface area (Å²) in [6, 6.07) is 0. The van der Waals surface area contributed by atoms with Gasteiger partial charge in [-0.25, -0.2) is 0 Å². The Morgan fingerprint density at radius 3 is 1.06 bits per heavy atom. The predicted octanol–water partition coefficient (Wildman–Crippen LogP) is 16.9. The van der Waals surface area contributed by atoms with Crippen LogP contribution in [0.2, 0.25) is 0 Å². The second-order valence-corrected chi connectivity index (χ2v) is 16.3. The third-order valence-corrected chi connectivity index (χ3v) is 10.2. The number of carbonyl (C=O) groups excluding carboxylic acids is 3. The topological polar surface area (TPSA) is 78.9 Å². The quantitative estimate of drug-likeness (QED) is 0.0262. The second kappa shape index (κ2) is 51.4. The zero-order chi connectivity index (χ0) is 46.5. The van der Waals surface area contributed by atoms with Crippen LogP contribution in [0.15, 0.2) is 122 Å². The minimum atomic E-state index is -0.823. The van der Waals surface area contributed by atoms with E-state index in [1.165, 1.54) is 32.1 Å². The van der Waals surface area contributed by atoms with E-state index in [1.54, 1.807) is 0 Å². The summed E-state index contributed by atoms with van der Waals surface area (Å²) in [6.45, 7) is 6.28. The van der Waals surface area contributed by atoms with Crippen molar-refractivity contribution in [3.05, 3.63) is 122 Å². The minimum Gasteiger partial charge on any atom is -0.462 e. The molecule has 0 heterocycles. The van der Waals surface area contributed by atoms with Crippen LogP contribution in [0.4, 0.5) is 0 Å². The van der Waals surface area contributed by atoms with E-state index in [9.17, 15) is 14.4 Å². The number of hydrogen-bond acceptors (Lipinski definition) is 6. The van der Waals surface area contributed by atoms with E-state index >= 15 is 0 Å². The smallest absolute Gasteiger partial charge is 0.306 e. The van der Waals surface area contributed by atoms with Crippen molar-refractivity contribution in [1.82, 2.24) is 0 Å². The summed E-state index contributed by atoms with van der Waals surface area (Å²) in [7, 11) is 0. The van der Waals surface area contributed by atoms with Crippen LogP contribution in [0.5, 0.6) is 0 Å². The Bertz CT molecular complexity index is 1390. The molecule has 6 nitrogen and oxygen atoms in total. The molecule has 0 spiro atoms. The molecule has 0 amide bonds. The van der Waals surface area contributed by atoms with Crippen LogP contribution >= 0.6 is 0 Å². The summed E-state index contributed by atoms with van der Waals surface area (Å²) in [6.07, 6.45) is 70.5. The van der Waals surface area contributed by atoms with Gasteiger partial charge in [0.25, 0.3) is 0 Å². The molecule has 0 aliphatic rings. The Hall–Kier alpha value is -4.19. The molecule has 0 radical (unpaired) electrons. The van der Waals surface area contributed by atoms with E-state index in [4.69, 9.17) is 14.2 Å². The average Bonchev–Trinajstić information content (AvgIpc) is 3.29. The zero-order valence-electron chi connectivity index (χ0n) is 41.0. The predicted molar refractivity (Wildman–Crippen MR) is 274 cm³/mol. The van der Waals surface area contributed by atoms with E-state index in [1.807, 2.05) is 12.2 Å². The molecule has 0 saturated carbocycles. The average molecular weight is 885 g/mol. The highest BCUT2D eigenvalue weighted by atomic mass is 16.6. The van der Waals surface area contributed by atoms with Crippen LogP contribution < -0.4 is 0 Å². The van der Waals surface area contributed by atoms with Crippen molar-refractivity contribution in [3.63, 3.8) is 0 Å². The number of rotatable bonds is 44. The van der Waals surface area contributed by atoms with Crippen LogP contribution in [0, 0.1) is 0 Å². The first-order valence-corrected chi connectivity index (χ1v) is 25.5. The number of ether oxygens (including phenoxy) is 3. The largest absolute Gasteiger partial charge is 0.462 e. The van der Waals surface area contributed by atoms with Gasteiger partial charge in [-0.3, -0.25) is 14.4 Å². The van der Waals surface area contributed by atoms with Gasteiger partial charge in [0.15, 0.2) is 6.10 Å². The molecule has 0 aromatic heterocycles. The summed E-state index contributed by atoms with van der Waals surface area (Å²) >= 11 is 0. The lowest BCUT2D eigenvalue weighted by molar-refractivity contribution is -0.166. The molecule has 1 unspecified atom stereocenters. The molecular weight excluding hydrogens is 793 g/mol. The van der Waals surface area contributed by atoms with Crippen LogP contribution in [0.25, 0.3) is 0 Å². The Balaban J connectivity index is 4.55. The standard InChI is InChI=1S/C58H92O6/c1-4-7-10-13-16-19-22-25-27-28-29-30-32-33-36-39-42-45-48-51-57(60)63-54-55(53-62-56(59)50-47-44-41-38-35-24-21-18-15-12-9-6-3)64-58(61)52-49-46-43-40-37-34-31-26-23-20-17-14-11-8-5-2/h7-8,10-11,16-21,25-27,29-31,33,36,42,45,55H,4-6,9,12-15,22-24,28,32,34-35,37-41,43-44,46-54H2,1-3H3/b10-7-,11-8-,19-16-,20-17-,21-18-,27-25-,30-29-,31-26-,36-33-,45-42-. The Labute approximate surface area is 392 Å². The van der Waals surface area contributed by atoms with Gasteiger partial charge in [0.1, 0.15) is 13.2 Å². The van der Waals surface area contributed by atoms with E-state index in [-0.39, 0.29) is 44.0 Å². The molecular formula is C58H92O6. The SMILES string of the molecule is CC/C=C\C/C=C\C/C=C\C/C=C\C/C=C\C/C=C\CCC(=O)OCC(COC(=O)CCCCCCC/C=C\CCCCC)OC(=O)CCCCCCC/C=C\C/C=C\C/C=C\CC. The van der Waals surface area contributed by atoms with Crippen LogP contribution in [0.3, 0.4) is 0 Å². The summed E-state index contributed by atoms with van der Waals surface area (Å²) < 4.78 is 16.7. The fourth-order valence-corrected chi connectivity index (χ4v) is 6.42. The van der Waals surface area contributed by atoms with Gasteiger partial charge in [-0.1, -0.05) is 194 Å². The molecule has 0 fully saturated rings. The number of esters is 3. The zero-order valence-corrected chi connectivity index (χ0v) is 41.0. The van der Waals surface area contributed by atoms with Crippen LogP contribution in [-0.2, 0) is 28.6 Å². The maximum absolute atomic E-state index is 12.8. The maximum Gasteiger partial charge on any atom is 0.306 e. The lowest BCUT2D eigenvalue weighted by Gasteiger charge is -2.18. The molecule has 0 aliphatic carbocycles. The van der Waals surface area contributed by atoms with Gasteiger partial charge in [-0.2, -0.15) is 0 Å². The van der Waals surface area contributed by atoms with Gasteiger partial charge in [0.05, 0.1) is 0 Å². The first-order valence-electron chi connectivity index (χ1n) is 25.5. The Morgan fingerprint density at radius 2 is 0.641 bits per heavy atom. The number of allylic oxidation sites excluding steroid dienone is 20. The Kier molecular flexibility index (Phi) is 48.1. The van der Waals surface area contributed by atoms with E-state index in [0.717, 1.165) is 128 Å². The highest BCUT2D eigenvalue weighted by Gasteiger charge is 2.19. The van der Waals surface area contributed by atoms with Crippen molar-refractivity contribution >= 4 is 17.9 Å². The fourth-order valence-electron chi connectivity index (χ4n) is 6.42. The minimum absolute atomic E-state index is 0.116. The normalized spacial score (nSPS) is 13.1. The van der Waals surface area contributed by atoms with E-state index < -0.39 is 6.10 Å². The van der Waals surface area contributed by atoms with Gasteiger partial charge in [0.2, 0.25) is 0 Å². The van der Waals surface area contributed by atoms with Crippen molar-refractivity contribution in [2.24, 2.45) is 0 Å². The summed E-state index contributed by atoms with van der Waals surface area (Å²) in [5.74, 6) is -1.04. The molecule has 0 aromatic carbocycles. The van der Waals surface area contributed by atoms with Gasteiger partial charge < -0.3 is 14.2 Å². The van der Waals surface area contributed by atoms with Gasteiger partial charge >= 0.3 is 17.9 Å². The van der Waals surface area contributed by atoms with Crippen LogP contribution in [0.1, 0.15) is 207 Å². The highest BCUT2D eigenvalue weighted by molar-refractivity contribution is 5.71. The molecule has 0 rings (SSSR count). The molecule has 0 N–H and O–H groups in total. The lowest BCUT2D eigenvalue weighted by Crippen LogP contribution is -2.30. The first kappa shape index (κ1) is 59.8. The summed E-state index contributed by atoms with van der Waals surface area (Å²) in [5, 5.41) is 0. The number of carbonyl (C=O) groups is 3. The van der Waals surface area contributed by atoms with Crippen molar-refractivity contribution in [2.45, 2.75) is 213 Å². The van der Waals surface area contributed by atoms with E-state index in [2.05, 4.69) is 130 Å². The molecule has 1 atom stereocenters. The van der Waals surface area contributed by atoms with E-state index in [0.29, 0.717) is 12.8 Å². The molecule has 6 heteroatoms. The lowest BCUT2D eigenvalue weighted by atomic mass is 10.1. The molecule has 360 valence electrons. The second-order valence-electron chi connectivity index (χ2n) is 16.3. The van der Waals surface area contributed by atoms with Crippen molar-refractivity contribution in [3.8, 4) is 0 Å². The molecule has 0 aromatic rings. The summed E-state index contributed by atoms with van der Waals surface area (Å²) in [4.78, 5) is 37.9. The molecule has 0 saturated heterocycles. The first-order chi connectivity index (χ1) is 31.5. The third-order valence-electron chi connectivity index (χ3n) is 10.2. The highest BCUT2D eigenvalue weighted by Crippen LogP contribution is 2.12. The third kappa shape index (κ3) is 48.8.